The summed E-state index contributed by atoms with van der Waals surface area (Å²) in [6.07, 6.45) is 4.63. The molecule has 1 aliphatic heterocycles. The number of hydrogen-bond donors (Lipinski definition) is 1. The first-order valence-electron chi connectivity index (χ1n) is 7.23. The third-order valence-electron chi connectivity index (χ3n) is 4.03. The molecule has 104 valence electrons. The number of rotatable bonds is 6. The lowest BCUT2D eigenvalue weighted by Gasteiger charge is -2.33. The minimum atomic E-state index is -0.377. The van der Waals surface area contributed by atoms with Gasteiger partial charge < -0.3 is 0 Å². The van der Waals surface area contributed by atoms with Gasteiger partial charge in [-0.1, -0.05) is 0 Å². The van der Waals surface area contributed by atoms with E-state index in [4.69, 9.17) is 0 Å². The van der Waals surface area contributed by atoms with E-state index in [9.17, 15) is 5.26 Å². The van der Waals surface area contributed by atoms with Gasteiger partial charge in [0.1, 0.15) is 5.54 Å². The van der Waals surface area contributed by atoms with Gasteiger partial charge in [-0.3, -0.25) is 10.2 Å². The van der Waals surface area contributed by atoms with Gasteiger partial charge in [-0.2, -0.15) is 5.26 Å². The Morgan fingerprint density at radius 1 is 1.44 bits per heavy atom. The van der Waals surface area contributed by atoms with Crippen molar-refractivity contribution in [2.45, 2.75) is 77.4 Å². The standard InChI is InChI=1S/C15H29N3/c1-13(2)17-15(5,12-16)9-7-11-18-10-6-8-14(18,3)4/h13,17H,6-11H2,1-5H3. The summed E-state index contributed by atoms with van der Waals surface area (Å²) >= 11 is 0. The fourth-order valence-corrected chi connectivity index (χ4v) is 3.00. The highest BCUT2D eigenvalue weighted by molar-refractivity contribution is 5.04. The summed E-state index contributed by atoms with van der Waals surface area (Å²) in [4.78, 5) is 2.57. The number of nitrogens with zero attached hydrogens (tertiary/aromatic N) is 2. The molecule has 1 fully saturated rings. The van der Waals surface area contributed by atoms with Crippen LogP contribution in [0.5, 0.6) is 0 Å². The number of likely N-dealkylation sites (tertiary alicyclic amines) is 1. The Labute approximate surface area is 113 Å². The molecule has 1 heterocycles. The van der Waals surface area contributed by atoms with Crippen LogP contribution in [0.15, 0.2) is 0 Å². The van der Waals surface area contributed by atoms with Crippen molar-refractivity contribution in [1.29, 1.82) is 5.26 Å². The molecule has 0 bridgehead atoms. The average Bonchev–Trinajstić information content (AvgIpc) is 2.57. The summed E-state index contributed by atoms with van der Waals surface area (Å²) in [7, 11) is 0. The molecule has 0 radical (unpaired) electrons. The van der Waals surface area contributed by atoms with Crippen LogP contribution in [0, 0.1) is 11.3 Å². The van der Waals surface area contributed by atoms with Gasteiger partial charge in [0.15, 0.2) is 0 Å². The largest absolute Gasteiger partial charge is 0.298 e. The molecule has 0 saturated carbocycles. The van der Waals surface area contributed by atoms with Crippen LogP contribution in [0.3, 0.4) is 0 Å². The Kier molecular flexibility index (Phi) is 5.19. The normalized spacial score (nSPS) is 22.9. The predicted octanol–water partition coefficient (Wildman–Crippen LogP) is 2.92. The van der Waals surface area contributed by atoms with Crippen molar-refractivity contribution in [2.24, 2.45) is 0 Å². The van der Waals surface area contributed by atoms with Gasteiger partial charge >= 0.3 is 0 Å². The quantitative estimate of drug-likeness (QED) is 0.789. The molecule has 1 rings (SSSR count). The van der Waals surface area contributed by atoms with Crippen molar-refractivity contribution in [2.75, 3.05) is 13.1 Å². The summed E-state index contributed by atoms with van der Waals surface area (Å²) in [6.45, 7) is 13.2. The molecule has 0 aromatic carbocycles. The van der Waals surface area contributed by atoms with Crippen LogP contribution in [-0.2, 0) is 0 Å². The van der Waals surface area contributed by atoms with Crippen molar-refractivity contribution >= 4 is 0 Å². The SMILES string of the molecule is CC(C)NC(C)(C#N)CCCN1CCCC1(C)C. The van der Waals surface area contributed by atoms with E-state index in [-0.39, 0.29) is 5.54 Å². The maximum atomic E-state index is 9.30. The maximum Gasteiger partial charge on any atom is 0.104 e. The highest BCUT2D eigenvalue weighted by Gasteiger charge is 2.32. The molecular weight excluding hydrogens is 222 g/mol. The minimum Gasteiger partial charge on any atom is -0.298 e. The Morgan fingerprint density at radius 2 is 2.11 bits per heavy atom. The molecular formula is C15H29N3. The molecule has 1 saturated heterocycles. The lowest BCUT2D eigenvalue weighted by molar-refractivity contribution is 0.167. The number of nitrogens with one attached hydrogen (secondary N) is 1. The Bertz CT molecular complexity index is 303. The number of hydrogen-bond acceptors (Lipinski definition) is 3. The monoisotopic (exact) mass is 251 g/mol. The Balaban J connectivity index is 2.38. The molecule has 3 nitrogen and oxygen atoms in total. The summed E-state index contributed by atoms with van der Waals surface area (Å²) in [5.74, 6) is 0. The molecule has 0 aromatic heterocycles. The van der Waals surface area contributed by atoms with Gasteiger partial charge in [-0.15, -0.1) is 0 Å². The fourth-order valence-electron chi connectivity index (χ4n) is 3.00. The van der Waals surface area contributed by atoms with Gasteiger partial charge in [-0.25, -0.2) is 0 Å². The molecule has 0 aromatic rings. The molecule has 0 spiro atoms. The van der Waals surface area contributed by atoms with Crippen LogP contribution < -0.4 is 5.32 Å². The zero-order chi connectivity index (χ0) is 13.8. The van der Waals surface area contributed by atoms with Crippen LogP contribution in [0.1, 0.15) is 60.3 Å². The van der Waals surface area contributed by atoms with Gasteiger partial charge in [0.2, 0.25) is 0 Å². The smallest absolute Gasteiger partial charge is 0.104 e. The molecule has 1 N–H and O–H groups in total. The van der Waals surface area contributed by atoms with Gasteiger partial charge in [0.05, 0.1) is 6.07 Å². The second kappa shape index (κ2) is 6.04. The van der Waals surface area contributed by atoms with E-state index < -0.39 is 0 Å². The summed E-state index contributed by atoms with van der Waals surface area (Å²) in [5.41, 5.74) is -0.0213. The topological polar surface area (TPSA) is 39.1 Å². The molecule has 1 atom stereocenters. The van der Waals surface area contributed by atoms with Crippen molar-refractivity contribution in [3.8, 4) is 6.07 Å². The first-order chi connectivity index (χ1) is 8.29. The lowest BCUT2D eigenvalue weighted by Crippen LogP contribution is -2.46. The molecule has 0 amide bonds. The van der Waals surface area contributed by atoms with Crippen LogP contribution in [0.4, 0.5) is 0 Å². The maximum absolute atomic E-state index is 9.30. The van der Waals surface area contributed by atoms with Gasteiger partial charge in [0, 0.05) is 11.6 Å². The van der Waals surface area contributed by atoms with E-state index >= 15 is 0 Å². The van der Waals surface area contributed by atoms with Crippen LogP contribution in [0.2, 0.25) is 0 Å². The number of nitriles is 1. The lowest BCUT2D eigenvalue weighted by atomic mass is 9.95. The van der Waals surface area contributed by atoms with E-state index in [2.05, 4.69) is 44.0 Å². The highest BCUT2D eigenvalue weighted by Crippen LogP contribution is 2.28. The average molecular weight is 251 g/mol. The highest BCUT2D eigenvalue weighted by atomic mass is 15.2. The zero-order valence-corrected chi connectivity index (χ0v) is 12.7. The molecule has 18 heavy (non-hydrogen) atoms. The molecule has 3 heteroatoms. The van der Waals surface area contributed by atoms with Crippen molar-refractivity contribution in [1.82, 2.24) is 10.2 Å². The van der Waals surface area contributed by atoms with Crippen LogP contribution >= 0.6 is 0 Å². The predicted molar refractivity (Wildman–Crippen MR) is 76.4 cm³/mol. The zero-order valence-electron chi connectivity index (χ0n) is 12.7. The van der Waals surface area contributed by atoms with E-state index in [0.717, 1.165) is 19.4 Å². The third kappa shape index (κ3) is 4.26. The molecule has 1 aliphatic rings. The molecule has 0 aliphatic carbocycles. The van der Waals surface area contributed by atoms with Crippen molar-refractivity contribution < 1.29 is 0 Å². The van der Waals surface area contributed by atoms with Crippen molar-refractivity contribution in [3.05, 3.63) is 0 Å². The van der Waals surface area contributed by atoms with E-state index in [1.807, 2.05) is 6.92 Å². The first-order valence-corrected chi connectivity index (χ1v) is 7.23. The van der Waals surface area contributed by atoms with E-state index in [1.165, 1.54) is 19.4 Å². The fraction of sp³-hybridized carbons (Fsp3) is 0.933. The Morgan fingerprint density at radius 3 is 2.56 bits per heavy atom. The summed E-state index contributed by atoms with van der Waals surface area (Å²) in [6, 6.07) is 2.79. The van der Waals surface area contributed by atoms with Crippen molar-refractivity contribution in [3.63, 3.8) is 0 Å². The van der Waals surface area contributed by atoms with Crippen LogP contribution in [-0.4, -0.2) is 35.1 Å². The third-order valence-corrected chi connectivity index (χ3v) is 4.03. The second-order valence-electron chi connectivity index (χ2n) is 6.75. The van der Waals surface area contributed by atoms with E-state index in [0.29, 0.717) is 11.6 Å². The van der Waals surface area contributed by atoms with E-state index in [1.54, 1.807) is 0 Å². The Hall–Kier alpha value is -0.590. The summed E-state index contributed by atoms with van der Waals surface area (Å²) < 4.78 is 0. The van der Waals surface area contributed by atoms with Gasteiger partial charge in [-0.05, 0) is 73.4 Å². The summed E-state index contributed by atoms with van der Waals surface area (Å²) in [5, 5.41) is 12.7. The molecule has 1 unspecified atom stereocenters. The first kappa shape index (κ1) is 15.5. The van der Waals surface area contributed by atoms with Crippen LogP contribution in [0.25, 0.3) is 0 Å². The van der Waals surface area contributed by atoms with Gasteiger partial charge in [0.25, 0.3) is 0 Å². The minimum absolute atomic E-state index is 0.356. The second-order valence-corrected chi connectivity index (χ2v) is 6.75.